The van der Waals surface area contributed by atoms with Crippen LogP contribution in [-0.2, 0) is 33.4 Å². The Morgan fingerprint density at radius 1 is 1.06 bits per heavy atom. The quantitative estimate of drug-likeness (QED) is 0.281. The van der Waals surface area contributed by atoms with Gasteiger partial charge in [0.05, 0.1) is 37.8 Å². The van der Waals surface area contributed by atoms with Gasteiger partial charge in [0.25, 0.3) is 6.29 Å². The van der Waals surface area contributed by atoms with Crippen LogP contribution >= 0.6 is 0 Å². The molecular weight excluding hydrogens is 410 g/mol. The first kappa shape index (κ1) is 20.9. The van der Waals surface area contributed by atoms with Crippen molar-refractivity contribution in [2.75, 3.05) is 19.1 Å². The van der Waals surface area contributed by atoms with Gasteiger partial charge in [-0.3, -0.25) is 19.2 Å². The Morgan fingerprint density at radius 2 is 1.74 bits per heavy atom. The summed E-state index contributed by atoms with van der Waals surface area (Å²) in [5.74, 6) is -3.75. The highest BCUT2D eigenvalue weighted by molar-refractivity contribution is 6.24. The second kappa shape index (κ2) is 7.38. The lowest BCUT2D eigenvalue weighted by Gasteiger charge is -2.34. The molecule has 164 valence electrons. The number of imide groups is 1. The highest BCUT2D eigenvalue weighted by Gasteiger charge is 2.72. The van der Waals surface area contributed by atoms with E-state index in [2.05, 4.69) is 0 Å². The smallest absolute Gasteiger partial charge is 0.305 e. The van der Waals surface area contributed by atoms with Crippen LogP contribution in [0, 0.1) is 11.8 Å². The monoisotopic (exact) mass is 431 g/mol. The Labute approximate surface area is 177 Å². The number of benzene rings is 1. The minimum Gasteiger partial charge on any atom is -0.497 e. The van der Waals surface area contributed by atoms with Gasteiger partial charge in [-0.1, -0.05) is 6.08 Å². The highest BCUT2D eigenvalue weighted by atomic mass is 16.7. The van der Waals surface area contributed by atoms with Crippen LogP contribution in [0.3, 0.4) is 0 Å². The van der Waals surface area contributed by atoms with E-state index in [9.17, 15) is 19.2 Å². The molecule has 2 fully saturated rings. The maximum absolute atomic E-state index is 13.6. The molecule has 2 saturated heterocycles. The Morgan fingerprint density at radius 3 is 2.32 bits per heavy atom. The molecule has 0 spiro atoms. The number of nitrogens with zero attached hydrogens (tertiary/aromatic N) is 1. The fraction of sp³-hybridized carbons (Fsp3) is 0.429. The SMILES string of the molecule is COc1ccc(OC)c(N2C(=O)[C@H]3[C@H]4C=C[C@@](C(OC(C)=O)OC(C)=O)(O4)[C@H]3C2=O)c1. The molecule has 1 aromatic carbocycles. The second-order valence-corrected chi connectivity index (χ2v) is 7.40. The molecule has 3 heterocycles. The predicted molar refractivity (Wildman–Crippen MR) is 103 cm³/mol. The van der Waals surface area contributed by atoms with Gasteiger partial charge in [0.15, 0.2) is 5.60 Å². The van der Waals surface area contributed by atoms with E-state index in [1.807, 2.05) is 0 Å². The van der Waals surface area contributed by atoms with Crippen LogP contribution < -0.4 is 14.4 Å². The van der Waals surface area contributed by atoms with E-state index in [0.29, 0.717) is 11.5 Å². The summed E-state index contributed by atoms with van der Waals surface area (Å²) in [5, 5.41) is 0. The van der Waals surface area contributed by atoms with Crippen LogP contribution in [-0.4, -0.2) is 56.0 Å². The first-order valence-corrected chi connectivity index (χ1v) is 9.55. The number of esters is 2. The Hall–Kier alpha value is -3.40. The molecule has 4 atom stereocenters. The van der Waals surface area contributed by atoms with E-state index < -0.39 is 53.6 Å². The van der Waals surface area contributed by atoms with Gasteiger partial charge in [-0.25, -0.2) is 4.90 Å². The van der Waals surface area contributed by atoms with E-state index in [1.54, 1.807) is 18.2 Å². The van der Waals surface area contributed by atoms with E-state index in [4.69, 9.17) is 23.7 Å². The van der Waals surface area contributed by atoms with Gasteiger partial charge in [0, 0.05) is 19.9 Å². The standard InChI is InChI=1S/C21H21NO9/c1-10(23)29-20(30-11(2)24)21-8-7-15(31-21)16-17(21)19(26)22(18(16)25)13-9-12(27-3)5-6-14(13)28-4/h5-9,15-17,20H,1-4H3/t15-,16+,17-,21-/m1/s1. The molecule has 0 radical (unpaired) electrons. The zero-order chi connectivity index (χ0) is 22.5. The largest absolute Gasteiger partial charge is 0.497 e. The van der Waals surface area contributed by atoms with Crippen molar-refractivity contribution in [2.24, 2.45) is 11.8 Å². The zero-order valence-corrected chi connectivity index (χ0v) is 17.3. The molecule has 4 rings (SSSR count). The molecule has 0 aliphatic carbocycles. The Balaban J connectivity index is 1.78. The van der Waals surface area contributed by atoms with Gasteiger partial charge in [0.1, 0.15) is 11.5 Å². The van der Waals surface area contributed by atoms with E-state index >= 15 is 0 Å². The number of ether oxygens (including phenoxy) is 5. The highest BCUT2D eigenvalue weighted by Crippen LogP contribution is 2.55. The number of methoxy groups -OCH3 is 2. The van der Waals surface area contributed by atoms with Gasteiger partial charge in [-0.15, -0.1) is 0 Å². The van der Waals surface area contributed by atoms with Crippen LogP contribution in [0.4, 0.5) is 5.69 Å². The van der Waals surface area contributed by atoms with Crippen molar-refractivity contribution in [2.45, 2.75) is 31.8 Å². The maximum atomic E-state index is 13.6. The van der Waals surface area contributed by atoms with Crippen LogP contribution in [0.1, 0.15) is 13.8 Å². The van der Waals surface area contributed by atoms with Crippen molar-refractivity contribution in [1.29, 1.82) is 0 Å². The topological polar surface area (TPSA) is 118 Å². The van der Waals surface area contributed by atoms with E-state index in [0.717, 1.165) is 18.7 Å². The predicted octanol–water partition coefficient (Wildman–Crippen LogP) is 0.969. The lowest BCUT2D eigenvalue weighted by atomic mass is 9.76. The van der Waals surface area contributed by atoms with Gasteiger partial charge < -0.3 is 23.7 Å². The van der Waals surface area contributed by atoms with Gasteiger partial charge in [-0.05, 0) is 18.2 Å². The third-order valence-corrected chi connectivity index (χ3v) is 5.62. The van der Waals surface area contributed by atoms with Crippen LogP contribution in [0.2, 0.25) is 0 Å². The summed E-state index contributed by atoms with van der Waals surface area (Å²) in [7, 11) is 2.88. The zero-order valence-electron chi connectivity index (χ0n) is 17.3. The van der Waals surface area contributed by atoms with Crippen LogP contribution in [0.15, 0.2) is 30.4 Å². The molecule has 0 N–H and O–H groups in total. The summed E-state index contributed by atoms with van der Waals surface area (Å²) in [5.41, 5.74) is -1.39. The molecular formula is C21H21NO9. The molecule has 0 aromatic heterocycles. The molecule has 10 nitrogen and oxygen atoms in total. The first-order chi connectivity index (χ1) is 14.7. The molecule has 2 bridgehead atoms. The number of carbonyl (C=O) groups excluding carboxylic acids is 4. The van der Waals surface area contributed by atoms with Gasteiger partial charge >= 0.3 is 11.9 Å². The molecule has 31 heavy (non-hydrogen) atoms. The fourth-order valence-corrected chi connectivity index (χ4v) is 4.43. The summed E-state index contributed by atoms with van der Waals surface area (Å²) >= 11 is 0. The molecule has 3 aliphatic rings. The minimum absolute atomic E-state index is 0.220. The summed E-state index contributed by atoms with van der Waals surface area (Å²) < 4.78 is 26.9. The molecule has 0 saturated carbocycles. The van der Waals surface area contributed by atoms with Crippen molar-refractivity contribution in [3.05, 3.63) is 30.4 Å². The number of carbonyl (C=O) groups is 4. The number of rotatable bonds is 6. The number of hydrogen-bond acceptors (Lipinski definition) is 9. The molecule has 2 amide bonds. The van der Waals surface area contributed by atoms with Crippen molar-refractivity contribution < 1.29 is 42.9 Å². The Kier molecular flexibility index (Phi) is 4.97. The van der Waals surface area contributed by atoms with Gasteiger partial charge in [-0.2, -0.15) is 0 Å². The lowest BCUT2D eigenvalue weighted by molar-refractivity contribution is -0.226. The number of fused-ring (bicyclic) bond motifs is 5. The van der Waals surface area contributed by atoms with Crippen molar-refractivity contribution >= 4 is 29.4 Å². The molecule has 3 aliphatic heterocycles. The maximum Gasteiger partial charge on any atom is 0.305 e. The third kappa shape index (κ3) is 3.05. The summed E-state index contributed by atoms with van der Waals surface area (Å²) in [6, 6.07) is 4.75. The lowest BCUT2D eigenvalue weighted by Crippen LogP contribution is -2.52. The minimum atomic E-state index is -1.61. The van der Waals surface area contributed by atoms with Crippen molar-refractivity contribution in [3.63, 3.8) is 0 Å². The summed E-state index contributed by atoms with van der Waals surface area (Å²) in [4.78, 5) is 51.2. The van der Waals surface area contributed by atoms with E-state index in [-0.39, 0.29) is 5.69 Å². The molecule has 1 aromatic rings. The third-order valence-electron chi connectivity index (χ3n) is 5.62. The van der Waals surface area contributed by atoms with Crippen molar-refractivity contribution in [3.8, 4) is 11.5 Å². The molecule has 10 heteroatoms. The Bertz CT molecular complexity index is 987. The van der Waals surface area contributed by atoms with Crippen LogP contribution in [0.25, 0.3) is 0 Å². The fourth-order valence-electron chi connectivity index (χ4n) is 4.43. The van der Waals surface area contributed by atoms with Crippen molar-refractivity contribution in [1.82, 2.24) is 0 Å². The average molecular weight is 431 g/mol. The normalized spacial score (nSPS) is 28.2. The number of hydrogen-bond donors (Lipinski definition) is 0. The first-order valence-electron chi connectivity index (χ1n) is 9.55. The van der Waals surface area contributed by atoms with Crippen LogP contribution in [0.5, 0.6) is 11.5 Å². The van der Waals surface area contributed by atoms with E-state index in [1.165, 1.54) is 26.4 Å². The number of amides is 2. The van der Waals surface area contributed by atoms with Gasteiger partial charge in [0.2, 0.25) is 11.8 Å². The number of anilines is 1. The second-order valence-electron chi connectivity index (χ2n) is 7.40. The molecule has 0 unspecified atom stereocenters. The average Bonchev–Trinajstić information content (AvgIpc) is 3.37. The summed E-state index contributed by atoms with van der Waals surface area (Å²) in [6.07, 6.45) is 0.866. The summed E-state index contributed by atoms with van der Waals surface area (Å²) in [6.45, 7) is 2.29.